The van der Waals surface area contributed by atoms with Crippen LogP contribution < -0.4 is 10.6 Å². The highest BCUT2D eigenvalue weighted by atomic mass is 32.2. The zero-order chi connectivity index (χ0) is 16.5. The van der Waals surface area contributed by atoms with Crippen LogP contribution in [-0.4, -0.2) is 28.1 Å². The molecule has 5 atom stereocenters. The standard InChI is InChI=1S/C18H21N3O2S/c22-17(20-10-11-2-1-6-19-9-11)12-3-4-13-15(8-12)21-18(23)14-5-7-24-16(13)14/h1-2,5-7,9,12-16H,3-4,8,10H2,(H,20,22)(H,21,23). The second-order valence-electron chi connectivity index (χ2n) is 6.82. The maximum absolute atomic E-state index is 12.5. The van der Waals surface area contributed by atoms with Crippen LogP contribution in [0.4, 0.5) is 0 Å². The van der Waals surface area contributed by atoms with Gasteiger partial charge in [-0.15, -0.1) is 11.8 Å². The van der Waals surface area contributed by atoms with Crippen molar-refractivity contribution in [1.29, 1.82) is 0 Å². The molecular formula is C18H21N3O2S. The highest BCUT2D eigenvalue weighted by molar-refractivity contribution is 8.03. The van der Waals surface area contributed by atoms with Crippen molar-refractivity contribution in [2.45, 2.75) is 37.1 Å². The SMILES string of the molecule is O=C(NCc1cccnc1)C1CCC2C(C1)NC(=O)C1C=CSC12. The Morgan fingerprint density at radius 3 is 3.17 bits per heavy atom. The Kier molecular flexibility index (Phi) is 4.31. The molecule has 0 bridgehead atoms. The molecule has 0 aromatic carbocycles. The van der Waals surface area contributed by atoms with Crippen molar-refractivity contribution >= 4 is 23.6 Å². The Morgan fingerprint density at radius 2 is 2.33 bits per heavy atom. The fraction of sp³-hybridized carbons (Fsp3) is 0.500. The maximum Gasteiger partial charge on any atom is 0.228 e. The van der Waals surface area contributed by atoms with Crippen LogP contribution in [-0.2, 0) is 16.1 Å². The molecule has 2 N–H and O–H groups in total. The average molecular weight is 343 g/mol. The van der Waals surface area contributed by atoms with E-state index in [1.165, 1.54) is 0 Å². The summed E-state index contributed by atoms with van der Waals surface area (Å²) in [6.07, 6.45) is 8.17. The number of thioether (sulfide) groups is 1. The Labute approximate surface area is 145 Å². The van der Waals surface area contributed by atoms with Crippen LogP contribution in [0.1, 0.15) is 24.8 Å². The van der Waals surface area contributed by atoms with Gasteiger partial charge in [0.25, 0.3) is 0 Å². The molecule has 6 heteroatoms. The van der Waals surface area contributed by atoms with Gasteiger partial charge < -0.3 is 10.6 Å². The van der Waals surface area contributed by atoms with E-state index >= 15 is 0 Å². The molecule has 5 unspecified atom stereocenters. The molecule has 0 spiro atoms. The van der Waals surface area contributed by atoms with E-state index in [9.17, 15) is 9.59 Å². The number of hydrogen-bond acceptors (Lipinski definition) is 4. The summed E-state index contributed by atoms with van der Waals surface area (Å²) >= 11 is 1.78. The van der Waals surface area contributed by atoms with Gasteiger partial charge in [0.05, 0.1) is 5.92 Å². The van der Waals surface area contributed by atoms with E-state index < -0.39 is 0 Å². The number of aromatic nitrogens is 1. The first-order valence-corrected chi connectivity index (χ1v) is 9.46. The van der Waals surface area contributed by atoms with Crippen LogP contribution in [0, 0.1) is 17.8 Å². The quantitative estimate of drug-likeness (QED) is 0.879. The minimum atomic E-state index is -0.0147. The van der Waals surface area contributed by atoms with E-state index in [4.69, 9.17) is 0 Å². The first-order chi connectivity index (χ1) is 11.7. The Balaban J connectivity index is 1.36. The van der Waals surface area contributed by atoms with Crippen molar-refractivity contribution < 1.29 is 9.59 Å². The van der Waals surface area contributed by atoms with Crippen LogP contribution in [0.15, 0.2) is 36.0 Å². The second kappa shape index (κ2) is 6.59. The van der Waals surface area contributed by atoms with Crippen LogP contribution in [0.5, 0.6) is 0 Å². The number of hydrogen-bond donors (Lipinski definition) is 2. The van der Waals surface area contributed by atoms with E-state index in [1.54, 1.807) is 24.2 Å². The predicted molar refractivity (Wildman–Crippen MR) is 92.9 cm³/mol. The van der Waals surface area contributed by atoms with E-state index in [2.05, 4.69) is 21.0 Å². The number of nitrogens with zero attached hydrogens (tertiary/aromatic N) is 1. The lowest BCUT2D eigenvalue weighted by molar-refractivity contribution is -0.131. The van der Waals surface area contributed by atoms with Gasteiger partial charge in [0, 0.05) is 36.1 Å². The van der Waals surface area contributed by atoms with E-state index in [0.29, 0.717) is 17.7 Å². The third kappa shape index (κ3) is 2.95. The molecule has 3 aliphatic rings. The molecule has 2 fully saturated rings. The van der Waals surface area contributed by atoms with Crippen LogP contribution in [0.3, 0.4) is 0 Å². The lowest BCUT2D eigenvalue weighted by atomic mass is 9.71. The summed E-state index contributed by atoms with van der Waals surface area (Å²) in [7, 11) is 0. The highest BCUT2D eigenvalue weighted by Gasteiger charge is 2.47. The molecule has 1 saturated carbocycles. The van der Waals surface area contributed by atoms with E-state index in [-0.39, 0.29) is 29.7 Å². The molecule has 1 saturated heterocycles. The van der Waals surface area contributed by atoms with Gasteiger partial charge in [0.15, 0.2) is 0 Å². The minimum absolute atomic E-state index is 0.0147. The molecule has 1 aromatic heterocycles. The van der Waals surface area contributed by atoms with Crippen molar-refractivity contribution in [2.24, 2.45) is 17.8 Å². The third-order valence-corrected chi connectivity index (χ3v) is 6.66. The molecule has 1 aliphatic carbocycles. The smallest absolute Gasteiger partial charge is 0.228 e. The minimum Gasteiger partial charge on any atom is -0.352 e. The molecule has 1 aromatic rings. The predicted octanol–water partition coefficient (Wildman–Crippen LogP) is 1.86. The van der Waals surface area contributed by atoms with Crippen LogP contribution in [0.25, 0.3) is 0 Å². The summed E-state index contributed by atoms with van der Waals surface area (Å²) in [6.45, 7) is 0.508. The highest BCUT2D eigenvalue weighted by Crippen LogP contribution is 2.45. The molecule has 4 rings (SSSR count). The molecule has 2 amide bonds. The van der Waals surface area contributed by atoms with Gasteiger partial charge >= 0.3 is 0 Å². The van der Waals surface area contributed by atoms with Gasteiger partial charge in [-0.3, -0.25) is 14.6 Å². The van der Waals surface area contributed by atoms with Gasteiger partial charge in [-0.2, -0.15) is 0 Å². The molecule has 5 nitrogen and oxygen atoms in total. The fourth-order valence-electron chi connectivity index (χ4n) is 4.13. The zero-order valence-electron chi connectivity index (χ0n) is 13.4. The summed E-state index contributed by atoms with van der Waals surface area (Å²) < 4.78 is 0. The number of piperidine rings is 1. The van der Waals surface area contributed by atoms with Crippen molar-refractivity contribution in [2.75, 3.05) is 0 Å². The molecular weight excluding hydrogens is 322 g/mol. The Morgan fingerprint density at radius 1 is 1.42 bits per heavy atom. The van der Waals surface area contributed by atoms with Crippen molar-refractivity contribution in [3.05, 3.63) is 41.6 Å². The summed E-state index contributed by atoms with van der Waals surface area (Å²) in [5, 5.41) is 8.59. The molecule has 24 heavy (non-hydrogen) atoms. The summed E-state index contributed by atoms with van der Waals surface area (Å²) in [4.78, 5) is 28.8. The number of carbonyl (C=O) groups is 2. The van der Waals surface area contributed by atoms with Gasteiger partial charge in [-0.25, -0.2) is 0 Å². The fourth-order valence-corrected chi connectivity index (χ4v) is 5.48. The topological polar surface area (TPSA) is 71.1 Å². The van der Waals surface area contributed by atoms with Gasteiger partial charge in [0.1, 0.15) is 0 Å². The van der Waals surface area contributed by atoms with Crippen LogP contribution >= 0.6 is 11.8 Å². The normalized spacial score (nSPS) is 34.2. The van der Waals surface area contributed by atoms with Gasteiger partial charge in [-0.1, -0.05) is 12.1 Å². The first kappa shape index (κ1) is 15.7. The maximum atomic E-state index is 12.5. The van der Waals surface area contributed by atoms with Crippen molar-refractivity contribution in [3.8, 4) is 0 Å². The van der Waals surface area contributed by atoms with Crippen molar-refractivity contribution in [1.82, 2.24) is 15.6 Å². The number of rotatable bonds is 3. The lowest BCUT2D eigenvalue weighted by Gasteiger charge is -2.44. The Bertz CT molecular complexity index is 663. The van der Waals surface area contributed by atoms with Gasteiger partial charge in [0.2, 0.25) is 11.8 Å². The third-order valence-electron chi connectivity index (χ3n) is 5.39. The number of pyridine rings is 1. The number of amides is 2. The summed E-state index contributed by atoms with van der Waals surface area (Å²) in [5.74, 6) is 0.700. The molecule has 126 valence electrons. The number of carbonyl (C=O) groups excluding carboxylic acids is 2. The largest absolute Gasteiger partial charge is 0.352 e. The Hall–Kier alpha value is -1.82. The zero-order valence-corrected chi connectivity index (χ0v) is 14.2. The monoisotopic (exact) mass is 343 g/mol. The summed E-state index contributed by atoms with van der Waals surface area (Å²) in [6, 6.07) is 3.96. The van der Waals surface area contributed by atoms with E-state index in [0.717, 1.165) is 24.8 Å². The number of nitrogens with one attached hydrogen (secondary N) is 2. The second-order valence-corrected chi connectivity index (χ2v) is 7.91. The molecule has 2 aliphatic heterocycles. The van der Waals surface area contributed by atoms with Gasteiger partial charge in [-0.05, 0) is 42.2 Å². The van der Waals surface area contributed by atoms with Crippen LogP contribution in [0.2, 0.25) is 0 Å². The van der Waals surface area contributed by atoms with Crippen molar-refractivity contribution in [3.63, 3.8) is 0 Å². The summed E-state index contributed by atoms with van der Waals surface area (Å²) in [5.41, 5.74) is 1.00. The lowest BCUT2D eigenvalue weighted by Crippen LogP contribution is -2.57. The first-order valence-electron chi connectivity index (χ1n) is 8.51. The van der Waals surface area contributed by atoms with E-state index in [1.807, 2.05) is 18.2 Å². The molecule has 3 heterocycles. The average Bonchev–Trinajstić information content (AvgIpc) is 3.11. The number of fused-ring (bicyclic) bond motifs is 3. The molecule has 0 radical (unpaired) electrons.